The van der Waals surface area contributed by atoms with Gasteiger partial charge in [-0.15, -0.1) is 0 Å². The van der Waals surface area contributed by atoms with E-state index < -0.39 is 0 Å². The van der Waals surface area contributed by atoms with Gasteiger partial charge in [0.25, 0.3) is 0 Å². The zero-order valence-corrected chi connectivity index (χ0v) is 16.7. The maximum atomic E-state index is 12.5. The topological polar surface area (TPSA) is 80.3 Å². The quantitative estimate of drug-likeness (QED) is 0.611. The molecule has 0 saturated carbocycles. The summed E-state index contributed by atoms with van der Waals surface area (Å²) >= 11 is 0. The molecule has 0 spiro atoms. The minimum atomic E-state index is -0.261. The SMILES string of the molecule is C[C@@H]1CN(CC(=O)Nc2ccc3c(c2)OC(=O)C3)CCN1c1ccc2c(c1)OCO2. The van der Waals surface area contributed by atoms with E-state index in [0.29, 0.717) is 18.0 Å². The van der Waals surface area contributed by atoms with Crippen molar-refractivity contribution in [2.45, 2.75) is 19.4 Å². The van der Waals surface area contributed by atoms with Crippen molar-refractivity contribution in [2.75, 3.05) is 43.2 Å². The molecule has 8 nitrogen and oxygen atoms in total. The van der Waals surface area contributed by atoms with Gasteiger partial charge >= 0.3 is 5.97 Å². The van der Waals surface area contributed by atoms with Gasteiger partial charge in [-0.25, -0.2) is 0 Å². The van der Waals surface area contributed by atoms with Gasteiger partial charge < -0.3 is 24.4 Å². The maximum absolute atomic E-state index is 12.5. The fraction of sp³-hybridized carbons (Fsp3) is 0.364. The standard InChI is InChI=1S/C22H23N3O5/c1-14-11-24(6-7-25(14)17-4-5-18-20(10-17)29-13-28-18)12-21(26)23-16-3-2-15-8-22(27)30-19(15)9-16/h2-5,9-10,14H,6-8,11-13H2,1H3,(H,23,26)/t14-/m1/s1. The van der Waals surface area contributed by atoms with Crippen LogP contribution in [-0.2, 0) is 16.0 Å². The highest BCUT2D eigenvalue weighted by molar-refractivity contribution is 5.93. The number of hydrogen-bond donors (Lipinski definition) is 1. The number of carbonyl (C=O) groups is 2. The van der Waals surface area contributed by atoms with Crippen molar-refractivity contribution in [3.63, 3.8) is 0 Å². The maximum Gasteiger partial charge on any atom is 0.315 e. The van der Waals surface area contributed by atoms with Gasteiger partial charge in [0.1, 0.15) is 5.75 Å². The van der Waals surface area contributed by atoms with E-state index in [1.54, 1.807) is 12.1 Å². The average Bonchev–Trinajstić information content (AvgIpc) is 3.32. The summed E-state index contributed by atoms with van der Waals surface area (Å²) in [6.07, 6.45) is 0.287. The van der Waals surface area contributed by atoms with E-state index in [2.05, 4.69) is 22.0 Å². The second-order valence-corrected chi connectivity index (χ2v) is 7.84. The van der Waals surface area contributed by atoms with E-state index in [4.69, 9.17) is 14.2 Å². The van der Waals surface area contributed by atoms with Crippen LogP contribution in [0.4, 0.5) is 11.4 Å². The molecule has 1 fully saturated rings. The molecule has 3 aliphatic rings. The lowest BCUT2D eigenvalue weighted by Gasteiger charge is -2.41. The number of anilines is 2. The molecule has 2 aromatic rings. The van der Waals surface area contributed by atoms with E-state index in [9.17, 15) is 9.59 Å². The second-order valence-electron chi connectivity index (χ2n) is 7.84. The third-order valence-electron chi connectivity index (χ3n) is 5.68. The van der Waals surface area contributed by atoms with Crippen LogP contribution < -0.4 is 24.4 Å². The van der Waals surface area contributed by atoms with Crippen molar-refractivity contribution < 1.29 is 23.8 Å². The third-order valence-corrected chi connectivity index (χ3v) is 5.68. The first-order valence-electron chi connectivity index (χ1n) is 10.1. The molecule has 1 N–H and O–H groups in total. The minimum absolute atomic E-state index is 0.0806. The Kier molecular flexibility index (Phi) is 4.71. The van der Waals surface area contributed by atoms with Crippen LogP contribution in [0, 0.1) is 0 Å². The van der Waals surface area contributed by atoms with Crippen LogP contribution in [0.3, 0.4) is 0 Å². The Morgan fingerprint density at radius 2 is 1.97 bits per heavy atom. The summed E-state index contributed by atoms with van der Waals surface area (Å²) in [4.78, 5) is 28.4. The van der Waals surface area contributed by atoms with Crippen molar-refractivity contribution >= 4 is 23.3 Å². The first-order chi connectivity index (χ1) is 14.5. The number of carbonyl (C=O) groups excluding carboxylic acids is 2. The molecular weight excluding hydrogens is 386 g/mol. The number of rotatable bonds is 4. The molecule has 156 valence electrons. The number of piperazine rings is 1. The Bertz CT molecular complexity index is 1010. The lowest BCUT2D eigenvalue weighted by Crippen LogP contribution is -2.53. The van der Waals surface area contributed by atoms with Gasteiger partial charge in [-0.1, -0.05) is 6.07 Å². The normalized spacial score (nSPS) is 20.1. The van der Waals surface area contributed by atoms with Crippen LogP contribution in [0.25, 0.3) is 0 Å². The van der Waals surface area contributed by atoms with Crippen LogP contribution in [0.5, 0.6) is 17.2 Å². The first kappa shape index (κ1) is 18.7. The fourth-order valence-electron chi connectivity index (χ4n) is 4.22. The minimum Gasteiger partial charge on any atom is -0.454 e. The van der Waals surface area contributed by atoms with Gasteiger partial charge in [-0.05, 0) is 25.1 Å². The molecule has 1 amide bonds. The molecule has 3 heterocycles. The van der Waals surface area contributed by atoms with Crippen molar-refractivity contribution in [3.05, 3.63) is 42.0 Å². The molecule has 0 aromatic heterocycles. The highest BCUT2D eigenvalue weighted by atomic mass is 16.7. The molecule has 0 unspecified atom stereocenters. The summed E-state index contributed by atoms with van der Waals surface area (Å²) in [5.41, 5.74) is 2.59. The van der Waals surface area contributed by atoms with Gasteiger partial charge in [-0.2, -0.15) is 0 Å². The van der Waals surface area contributed by atoms with Crippen molar-refractivity contribution in [2.24, 2.45) is 0 Å². The number of esters is 1. The van der Waals surface area contributed by atoms with E-state index in [0.717, 1.165) is 42.4 Å². The van der Waals surface area contributed by atoms with E-state index in [1.807, 2.05) is 24.3 Å². The molecule has 0 radical (unpaired) electrons. The Hall–Kier alpha value is -3.26. The van der Waals surface area contributed by atoms with Gasteiger partial charge in [0, 0.05) is 54.7 Å². The monoisotopic (exact) mass is 409 g/mol. The summed E-state index contributed by atoms with van der Waals surface area (Å²) in [7, 11) is 0. The smallest absolute Gasteiger partial charge is 0.315 e. The molecule has 5 rings (SSSR count). The molecule has 1 atom stereocenters. The van der Waals surface area contributed by atoms with Crippen LogP contribution in [-0.4, -0.2) is 55.8 Å². The van der Waals surface area contributed by atoms with Gasteiger partial charge in [0.15, 0.2) is 11.5 Å². The molecule has 30 heavy (non-hydrogen) atoms. The van der Waals surface area contributed by atoms with Gasteiger partial charge in [0.2, 0.25) is 12.7 Å². The van der Waals surface area contributed by atoms with Crippen molar-refractivity contribution in [1.82, 2.24) is 4.90 Å². The molecule has 3 aliphatic heterocycles. The third kappa shape index (κ3) is 3.66. The lowest BCUT2D eigenvalue weighted by molar-refractivity contribution is -0.131. The van der Waals surface area contributed by atoms with Crippen molar-refractivity contribution in [1.29, 1.82) is 0 Å². The number of amides is 1. The number of nitrogens with one attached hydrogen (secondary N) is 1. The van der Waals surface area contributed by atoms with Crippen LogP contribution in [0.1, 0.15) is 12.5 Å². The lowest BCUT2D eigenvalue weighted by atomic mass is 10.1. The Morgan fingerprint density at radius 3 is 2.83 bits per heavy atom. The highest BCUT2D eigenvalue weighted by Crippen LogP contribution is 2.36. The zero-order chi connectivity index (χ0) is 20.7. The molecule has 0 aliphatic carbocycles. The second kappa shape index (κ2) is 7.53. The molecule has 8 heteroatoms. The number of fused-ring (bicyclic) bond motifs is 2. The Balaban J connectivity index is 1.17. The van der Waals surface area contributed by atoms with Crippen LogP contribution in [0.15, 0.2) is 36.4 Å². The van der Waals surface area contributed by atoms with Gasteiger partial charge in [-0.3, -0.25) is 14.5 Å². The summed E-state index contributed by atoms with van der Waals surface area (Å²) in [6, 6.07) is 11.6. The predicted octanol–water partition coefficient (Wildman–Crippen LogP) is 2.03. The first-order valence-corrected chi connectivity index (χ1v) is 10.1. The zero-order valence-electron chi connectivity index (χ0n) is 16.7. The molecule has 2 aromatic carbocycles. The summed E-state index contributed by atoms with van der Waals surface area (Å²) in [5.74, 6) is 1.75. The predicted molar refractivity (Wildman–Crippen MR) is 110 cm³/mol. The van der Waals surface area contributed by atoms with Crippen LogP contribution in [0.2, 0.25) is 0 Å². The largest absolute Gasteiger partial charge is 0.454 e. The summed E-state index contributed by atoms with van der Waals surface area (Å²) in [5, 5.41) is 2.90. The molecular formula is C22H23N3O5. The number of hydrogen-bond acceptors (Lipinski definition) is 7. The van der Waals surface area contributed by atoms with Gasteiger partial charge in [0.05, 0.1) is 13.0 Å². The molecule has 1 saturated heterocycles. The van der Waals surface area contributed by atoms with E-state index in [-0.39, 0.29) is 31.1 Å². The fourth-order valence-corrected chi connectivity index (χ4v) is 4.22. The average molecular weight is 409 g/mol. The number of benzene rings is 2. The Labute approximate surface area is 174 Å². The number of ether oxygens (including phenoxy) is 3. The van der Waals surface area contributed by atoms with Crippen LogP contribution >= 0.6 is 0 Å². The van der Waals surface area contributed by atoms with E-state index >= 15 is 0 Å². The Morgan fingerprint density at radius 1 is 1.10 bits per heavy atom. The molecule has 0 bridgehead atoms. The van der Waals surface area contributed by atoms with E-state index in [1.165, 1.54) is 0 Å². The highest BCUT2D eigenvalue weighted by Gasteiger charge is 2.27. The summed E-state index contributed by atoms with van der Waals surface area (Å²) < 4.78 is 16.0. The summed E-state index contributed by atoms with van der Waals surface area (Å²) in [6.45, 7) is 5.13. The number of nitrogens with zero attached hydrogens (tertiary/aromatic N) is 2. The van der Waals surface area contributed by atoms with Crippen molar-refractivity contribution in [3.8, 4) is 17.2 Å².